The Bertz CT molecular complexity index is 795. The van der Waals surface area contributed by atoms with Gasteiger partial charge in [-0.1, -0.05) is 30.4 Å². The number of urea groups is 1. The molecule has 3 unspecified atom stereocenters. The van der Waals surface area contributed by atoms with Crippen LogP contribution < -0.4 is 4.90 Å². The Balaban J connectivity index is 1.65. The van der Waals surface area contributed by atoms with Gasteiger partial charge in [-0.15, -0.1) is 11.3 Å². The molecule has 104 valence electrons. The highest BCUT2D eigenvalue weighted by atomic mass is 32.1. The van der Waals surface area contributed by atoms with Crippen molar-refractivity contribution in [3.63, 3.8) is 0 Å². The van der Waals surface area contributed by atoms with Gasteiger partial charge in [0, 0.05) is 21.4 Å². The van der Waals surface area contributed by atoms with Crippen molar-refractivity contribution >= 4 is 39.0 Å². The fraction of sp³-hybridized carbons (Fsp3) is 0.250. The van der Waals surface area contributed by atoms with Crippen molar-refractivity contribution in [1.82, 2.24) is 4.90 Å². The molecule has 3 amide bonds. The zero-order valence-electron chi connectivity index (χ0n) is 11.1. The number of imide groups is 1. The molecule has 5 heteroatoms. The van der Waals surface area contributed by atoms with Crippen LogP contribution >= 0.6 is 11.3 Å². The number of nitrogens with zero attached hydrogens (tertiary/aromatic N) is 2. The third kappa shape index (κ3) is 1.30. The molecule has 0 spiro atoms. The number of benzene rings is 1. The average molecular weight is 296 g/mol. The van der Waals surface area contributed by atoms with E-state index in [0.717, 1.165) is 22.2 Å². The van der Waals surface area contributed by atoms with Gasteiger partial charge in [0.05, 0.1) is 11.7 Å². The van der Waals surface area contributed by atoms with Gasteiger partial charge >= 0.3 is 6.03 Å². The fourth-order valence-electron chi connectivity index (χ4n) is 3.82. The van der Waals surface area contributed by atoms with Crippen molar-refractivity contribution in [3.05, 3.63) is 41.8 Å². The van der Waals surface area contributed by atoms with Crippen LogP contribution in [0.25, 0.3) is 10.1 Å². The SMILES string of the molecule is O=C1C2C3C=CC(C3)N2C(=O)N1c1csc2ccccc12. The molecule has 2 aromatic rings. The third-order valence-corrected chi connectivity index (χ3v) is 5.69. The molecule has 3 heterocycles. The standard InChI is InChI=1S/C16H12N2O2S/c19-15-14-9-5-6-10(7-9)17(14)16(20)18(15)12-8-21-13-4-2-1-3-11(12)13/h1-6,8-10,14H,7H2. The Morgan fingerprint density at radius 2 is 2.00 bits per heavy atom. The predicted molar refractivity (Wildman–Crippen MR) is 81.4 cm³/mol. The van der Waals surface area contributed by atoms with E-state index in [4.69, 9.17) is 0 Å². The van der Waals surface area contributed by atoms with Gasteiger partial charge in [-0.05, 0) is 12.5 Å². The highest BCUT2D eigenvalue weighted by Gasteiger charge is 2.57. The van der Waals surface area contributed by atoms with Gasteiger partial charge in [0.15, 0.2) is 0 Å². The van der Waals surface area contributed by atoms with E-state index in [9.17, 15) is 9.59 Å². The van der Waals surface area contributed by atoms with Crippen LogP contribution in [0.15, 0.2) is 41.8 Å². The van der Waals surface area contributed by atoms with Crippen molar-refractivity contribution < 1.29 is 9.59 Å². The number of fused-ring (bicyclic) bond motifs is 6. The first kappa shape index (κ1) is 11.5. The summed E-state index contributed by atoms with van der Waals surface area (Å²) >= 11 is 1.57. The van der Waals surface area contributed by atoms with Crippen molar-refractivity contribution in [2.75, 3.05) is 4.90 Å². The highest BCUT2D eigenvalue weighted by Crippen LogP contribution is 2.45. The quantitative estimate of drug-likeness (QED) is 0.599. The Hall–Kier alpha value is -2.14. The number of hydrogen-bond acceptors (Lipinski definition) is 3. The van der Waals surface area contributed by atoms with Gasteiger partial charge in [-0.3, -0.25) is 4.79 Å². The molecule has 0 N–H and O–H groups in total. The van der Waals surface area contributed by atoms with Gasteiger partial charge in [-0.2, -0.15) is 0 Å². The van der Waals surface area contributed by atoms with Crippen LogP contribution in [0.1, 0.15) is 6.42 Å². The summed E-state index contributed by atoms with van der Waals surface area (Å²) in [6.45, 7) is 0. The number of amides is 3. The van der Waals surface area contributed by atoms with Crippen LogP contribution in [0.4, 0.5) is 10.5 Å². The van der Waals surface area contributed by atoms with Gasteiger partial charge in [-0.25, -0.2) is 9.69 Å². The minimum absolute atomic E-state index is 0.0691. The lowest BCUT2D eigenvalue weighted by atomic mass is 10.0. The Labute approximate surface area is 125 Å². The van der Waals surface area contributed by atoms with Crippen molar-refractivity contribution in [1.29, 1.82) is 0 Å². The van der Waals surface area contributed by atoms with E-state index >= 15 is 0 Å². The summed E-state index contributed by atoms with van der Waals surface area (Å²) in [6, 6.07) is 7.55. The molecule has 5 rings (SSSR count). The minimum atomic E-state index is -0.286. The molecular formula is C16H12N2O2S. The first-order valence-electron chi connectivity index (χ1n) is 7.06. The molecular weight excluding hydrogens is 284 g/mol. The molecule has 1 aromatic heterocycles. The molecule has 2 saturated heterocycles. The fourth-order valence-corrected chi connectivity index (χ4v) is 4.75. The summed E-state index contributed by atoms with van der Waals surface area (Å²) in [5.41, 5.74) is 0.736. The maximum absolute atomic E-state index is 12.8. The largest absolute Gasteiger partial charge is 0.332 e. The van der Waals surface area contributed by atoms with Gasteiger partial charge in [0.1, 0.15) is 6.04 Å². The Morgan fingerprint density at radius 1 is 1.14 bits per heavy atom. The van der Waals surface area contributed by atoms with E-state index in [-0.39, 0.29) is 29.9 Å². The molecule has 3 atom stereocenters. The lowest BCUT2D eigenvalue weighted by Gasteiger charge is -2.22. The second-order valence-electron chi connectivity index (χ2n) is 5.78. The first-order valence-corrected chi connectivity index (χ1v) is 7.94. The number of rotatable bonds is 1. The predicted octanol–water partition coefficient (Wildman–Crippen LogP) is 3.00. The Morgan fingerprint density at radius 3 is 2.86 bits per heavy atom. The zero-order chi connectivity index (χ0) is 14.1. The maximum atomic E-state index is 12.8. The van der Waals surface area contributed by atoms with Crippen molar-refractivity contribution in [2.24, 2.45) is 5.92 Å². The van der Waals surface area contributed by atoms with Crippen LogP contribution in [-0.4, -0.2) is 28.9 Å². The van der Waals surface area contributed by atoms with E-state index in [1.165, 1.54) is 4.90 Å². The zero-order valence-corrected chi connectivity index (χ0v) is 11.9. The van der Waals surface area contributed by atoms with Crippen LogP contribution in [0.3, 0.4) is 0 Å². The lowest BCUT2D eigenvalue weighted by Crippen LogP contribution is -2.38. The van der Waals surface area contributed by atoms with E-state index in [1.54, 1.807) is 16.2 Å². The van der Waals surface area contributed by atoms with Crippen molar-refractivity contribution in [2.45, 2.75) is 18.5 Å². The van der Waals surface area contributed by atoms with Gasteiger partial charge in [0.25, 0.3) is 5.91 Å². The molecule has 1 aromatic carbocycles. The van der Waals surface area contributed by atoms with E-state index in [2.05, 4.69) is 12.2 Å². The summed E-state index contributed by atoms with van der Waals surface area (Å²) in [6.07, 6.45) is 5.05. The number of anilines is 1. The van der Waals surface area contributed by atoms with E-state index in [1.807, 2.05) is 29.6 Å². The normalized spacial score (nSPS) is 30.0. The molecule has 2 bridgehead atoms. The second-order valence-corrected chi connectivity index (χ2v) is 6.69. The lowest BCUT2D eigenvalue weighted by molar-refractivity contribution is -0.119. The van der Waals surface area contributed by atoms with Gasteiger partial charge < -0.3 is 4.90 Å². The van der Waals surface area contributed by atoms with Crippen LogP contribution in [-0.2, 0) is 4.79 Å². The number of thiophene rings is 1. The molecule has 21 heavy (non-hydrogen) atoms. The molecule has 4 nitrogen and oxygen atoms in total. The Kier molecular flexibility index (Phi) is 2.05. The molecule has 2 aliphatic heterocycles. The smallest absolute Gasteiger partial charge is 0.305 e. The van der Waals surface area contributed by atoms with Crippen molar-refractivity contribution in [3.8, 4) is 0 Å². The monoisotopic (exact) mass is 296 g/mol. The van der Waals surface area contributed by atoms with Crippen LogP contribution in [0, 0.1) is 5.92 Å². The second kappa shape index (κ2) is 3.74. The average Bonchev–Trinajstić information content (AvgIpc) is 3.23. The van der Waals surface area contributed by atoms with Crippen LogP contribution in [0.5, 0.6) is 0 Å². The third-order valence-electron chi connectivity index (χ3n) is 4.74. The van der Waals surface area contributed by atoms with E-state index < -0.39 is 0 Å². The number of carbonyl (C=O) groups is 2. The summed E-state index contributed by atoms with van der Waals surface area (Å²) in [5, 5.41) is 2.89. The number of carbonyl (C=O) groups excluding carboxylic acids is 2. The number of hydrogen-bond donors (Lipinski definition) is 0. The summed E-state index contributed by atoms with van der Waals surface area (Å²) < 4.78 is 1.10. The molecule has 3 aliphatic rings. The molecule has 1 aliphatic carbocycles. The minimum Gasteiger partial charge on any atom is -0.305 e. The summed E-state index contributed by atoms with van der Waals surface area (Å²) in [5.74, 6) is 0.127. The summed E-state index contributed by atoms with van der Waals surface area (Å²) in [7, 11) is 0. The van der Waals surface area contributed by atoms with Gasteiger partial charge in [0.2, 0.25) is 0 Å². The molecule has 0 saturated carbocycles. The topological polar surface area (TPSA) is 40.6 Å². The highest BCUT2D eigenvalue weighted by molar-refractivity contribution is 7.17. The van der Waals surface area contributed by atoms with Crippen LogP contribution in [0.2, 0.25) is 0 Å². The summed E-state index contributed by atoms with van der Waals surface area (Å²) in [4.78, 5) is 28.6. The maximum Gasteiger partial charge on any atom is 0.332 e. The van der Waals surface area contributed by atoms with E-state index in [0.29, 0.717) is 0 Å². The first-order chi connectivity index (χ1) is 10.3. The molecule has 2 fully saturated rings. The molecule has 0 radical (unpaired) electrons.